The largest absolute Gasteiger partial charge is 0.397 e. The van der Waals surface area contributed by atoms with Crippen molar-refractivity contribution in [1.29, 1.82) is 0 Å². The van der Waals surface area contributed by atoms with E-state index >= 15 is 0 Å². The second-order valence-electron chi connectivity index (χ2n) is 5.18. The molecule has 0 aromatic heterocycles. The van der Waals surface area contributed by atoms with Gasteiger partial charge in [0, 0.05) is 12.1 Å². The number of halogens is 2. The number of rotatable bonds is 3. The molecule has 0 bridgehead atoms. The van der Waals surface area contributed by atoms with Crippen molar-refractivity contribution in [3.05, 3.63) is 22.4 Å². The molecule has 0 spiro atoms. The Bertz CT molecular complexity index is 417. The van der Waals surface area contributed by atoms with Crippen LogP contribution in [-0.4, -0.2) is 6.04 Å². The maximum Gasteiger partial charge on any atom is 0.139 e. The average Bonchev–Trinajstić information content (AvgIpc) is 2.37. The van der Waals surface area contributed by atoms with Crippen LogP contribution in [0.3, 0.4) is 0 Å². The van der Waals surface area contributed by atoms with Crippen molar-refractivity contribution < 1.29 is 4.39 Å². The van der Waals surface area contributed by atoms with Crippen molar-refractivity contribution in [1.82, 2.24) is 0 Å². The van der Waals surface area contributed by atoms with Gasteiger partial charge in [-0.3, -0.25) is 0 Å². The smallest absolute Gasteiger partial charge is 0.139 e. The van der Waals surface area contributed by atoms with Gasteiger partial charge in [-0.15, -0.1) is 0 Å². The fraction of sp³-hybridized carbons (Fsp3) is 0.571. The molecule has 1 aliphatic rings. The summed E-state index contributed by atoms with van der Waals surface area (Å²) >= 11 is 3.20. The molecule has 1 aromatic carbocycles. The molecule has 0 amide bonds. The van der Waals surface area contributed by atoms with Crippen LogP contribution in [0.4, 0.5) is 15.8 Å². The highest BCUT2D eigenvalue weighted by Crippen LogP contribution is 2.31. The van der Waals surface area contributed by atoms with Gasteiger partial charge >= 0.3 is 0 Å². The van der Waals surface area contributed by atoms with Gasteiger partial charge in [0.2, 0.25) is 0 Å². The summed E-state index contributed by atoms with van der Waals surface area (Å²) in [7, 11) is 0. The normalized spacial score (nSPS) is 18.6. The number of nitrogen functional groups attached to an aromatic ring is 1. The lowest BCUT2D eigenvalue weighted by molar-refractivity contribution is 0.328. The molecule has 100 valence electrons. The Hall–Kier alpha value is -0.770. The van der Waals surface area contributed by atoms with Crippen LogP contribution in [0.1, 0.15) is 39.0 Å². The zero-order chi connectivity index (χ0) is 13.1. The molecule has 2 rings (SSSR count). The maximum absolute atomic E-state index is 13.3. The van der Waals surface area contributed by atoms with Gasteiger partial charge in [0.25, 0.3) is 0 Å². The zero-order valence-corrected chi connectivity index (χ0v) is 12.3. The monoisotopic (exact) mass is 314 g/mol. The Morgan fingerprint density at radius 3 is 2.67 bits per heavy atom. The molecule has 1 atom stereocenters. The topological polar surface area (TPSA) is 38.0 Å². The number of benzene rings is 1. The van der Waals surface area contributed by atoms with E-state index in [9.17, 15) is 4.39 Å². The second kappa shape index (κ2) is 5.91. The van der Waals surface area contributed by atoms with Crippen LogP contribution in [-0.2, 0) is 0 Å². The van der Waals surface area contributed by atoms with Crippen LogP contribution in [0.2, 0.25) is 0 Å². The van der Waals surface area contributed by atoms with E-state index in [1.165, 1.54) is 38.2 Å². The minimum absolute atomic E-state index is 0.316. The first-order valence-corrected chi connectivity index (χ1v) is 7.38. The fourth-order valence-corrected chi connectivity index (χ4v) is 3.03. The highest BCUT2D eigenvalue weighted by molar-refractivity contribution is 9.10. The minimum atomic E-state index is -0.316. The molecule has 1 unspecified atom stereocenters. The molecule has 3 N–H and O–H groups in total. The molecule has 1 fully saturated rings. The van der Waals surface area contributed by atoms with Gasteiger partial charge in [-0.2, -0.15) is 0 Å². The fourth-order valence-electron chi connectivity index (χ4n) is 2.68. The summed E-state index contributed by atoms with van der Waals surface area (Å²) < 4.78 is 13.8. The number of nitrogens with one attached hydrogen (secondary N) is 1. The van der Waals surface area contributed by atoms with Crippen molar-refractivity contribution >= 4 is 27.3 Å². The molecule has 1 aliphatic carbocycles. The Balaban J connectivity index is 2.06. The van der Waals surface area contributed by atoms with E-state index in [2.05, 4.69) is 28.2 Å². The van der Waals surface area contributed by atoms with Crippen LogP contribution in [0.15, 0.2) is 16.6 Å². The van der Waals surface area contributed by atoms with Crippen molar-refractivity contribution in [2.75, 3.05) is 11.1 Å². The molecular formula is C14H20BrFN2. The molecule has 2 nitrogen and oxygen atoms in total. The predicted molar refractivity (Wildman–Crippen MR) is 78.2 cm³/mol. The van der Waals surface area contributed by atoms with E-state index in [1.54, 1.807) is 6.07 Å². The van der Waals surface area contributed by atoms with Crippen molar-refractivity contribution in [2.24, 2.45) is 5.92 Å². The van der Waals surface area contributed by atoms with Gasteiger partial charge < -0.3 is 11.1 Å². The van der Waals surface area contributed by atoms with E-state index in [0.29, 0.717) is 22.1 Å². The second-order valence-corrected chi connectivity index (χ2v) is 6.04. The van der Waals surface area contributed by atoms with E-state index in [0.717, 1.165) is 5.69 Å². The summed E-state index contributed by atoms with van der Waals surface area (Å²) in [6, 6.07) is 3.47. The first-order valence-electron chi connectivity index (χ1n) is 6.59. The Labute approximate surface area is 116 Å². The summed E-state index contributed by atoms with van der Waals surface area (Å²) in [5, 5.41) is 3.43. The first kappa shape index (κ1) is 13.7. The molecule has 0 aliphatic heterocycles. The number of anilines is 2. The molecule has 1 saturated carbocycles. The summed E-state index contributed by atoms with van der Waals surface area (Å²) in [4.78, 5) is 0. The molecule has 0 radical (unpaired) electrons. The van der Waals surface area contributed by atoms with Gasteiger partial charge in [0.05, 0.1) is 15.8 Å². The van der Waals surface area contributed by atoms with Crippen LogP contribution in [0.5, 0.6) is 0 Å². The van der Waals surface area contributed by atoms with Crippen LogP contribution >= 0.6 is 15.9 Å². The first-order chi connectivity index (χ1) is 8.58. The third kappa shape index (κ3) is 3.16. The minimum Gasteiger partial charge on any atom is -0.397 e. The lowest BCUT2D eigenvalue weighted by Crippen LogP contribution is -2.28. The van der Waals surface area contributed by atoms with E-state index < -0.39 is 0 Å². The number of hydrogen-bond donors (Lipinski definition) is 2. The van der Waals surface area contributed by atoms with Gasteiger partial charge in [-0.1, -0.05) is 19.3 Å². The standard InChI is InChI=1S/C14H20BrFN2/c1-9(10-5-3-2-4-6-10)18-14-7-11(15)12(16)8-13(14)17/h7-10,18H,2-6,17H2,1H3. The van der Waals surface area contributed by atoms with Crippen LogP contribution < -0.4 is 11.1 Å². The quantitative estimate of drug-likeness (QED) is 0.803. The maximum atomic E-state index is 13.3. The lowest BCUT2D eigenvalue weighted by atomic mass is 9.84. The molecule has 4 heteroatoms. The van der Waals surface area contributed by atoms with Crippen molar-refractivity contribution in [3.63, 3.8) is 0 Å². The highest BCUT2D eigenvalue weighted by Gasteiger charge is 2.20. The van der Waals surface area contributed by atoms with Gasteiger partial charge in [-0.25, -0.2) is 4.39 Å². The zero-order valence-electron chi connectivity index (χ0n) is 10.7. The van der Waals surface area contributed by atoms with Crippen molar-refractivity contribution in [3.8, 4) is 0 Å². The summed E-state index contributed by atoms with van der Waals surface area (Å²) in [5.41, 5.74) is 7.14. The van der Waals surface area contributed by atoms with E-state index in [-0.39, 0.29) is 5.82 Å². The average molecular weight is 315 g/mol. The van der Waals surface area contributed by atoms with E-state index in [1.807, 2.05) is 0 Å². The Morgan fingerprint density at radius 1 is 1.33 bits per heavy atom. The molecule has 0 heterocycles. The molecule has 0 saturated heterocycles. The van der Waals surface area contributed by atoms with Gasteiger partial charge in [0.1, 0.15) is 5.82 Å². The third-order valence-corrected chi connectivity index (χ3v) is 4.44. The Kier molecular flexibility index (Phi) is 4.49. The van der Waals surface area contributed by atoms with Gasteiger partial charge in [0.15, 0.2) is 0 Å². The Morgan fingerprint density at radius 2 is 2.00 bits per heavy atom. The SMILES string of the molecule is CC(Nc1cc(Br)c(F)cc1N)C1CCCCC1. The molecule has 1 aromatic rings. The summed E-state index contributed by atoms with van der Waals surface area (Å²) in [6.07, 6.45) is 6.54. The molecular weight excluding hydrogens is 295 g/mol. The summed E-state index contributed by atoms with van der Waals surface area (Å²) in [6.45, 7) is 2.19. The van der Waals surface area contributed by atoms with Crippen molar-refractivity contribution in [2.45, 2.75) is 45.1 Å². The van der Waals surface area contributed by atoms with E-state index in [4.69, 9.17) is 5.73 Å². The third-order valence-electron chi connectivity index (χ3n) is 3.83. The summed E-state index contributed by atoms with van der Waals surface area (Å²) in [5.74, 6) is 0.380. The van der Waals surface area contributed by atoms with Crippen LogP contribution in [0, 0.1) is 11.7 Å². The predicted octanol–water partition coefficient (Wildman–Crippen LogP) is 4.55. The highest BCUT2D eigenvalue weighted by atomic mass is 79.9. The van der Waals surface area contributed by atoms with Gasteiger partial charge in [-0.05, 0) is 47.7 Å². The lowest BCUT2D eigenvalue weighted by Gasteiger charge is -2.29. The van der Waals surface area contributed by atoms with Crippen LogP contribution in [0.25, 0.3) is 0 Å². The number of hydrogen-bond acceptors (Lipinski definition) is 2. The molecule has 18 heavy (non-hydrogen) atoms. The number of nitrogens with two attached hydrogens (primary N) is 1.